The van der Waals surface area contributed by atoms with E-state index in [1.807, 2.05) is 19.1 Å². The number of hydrogen-bond acceptors (Lipinski definition) is 7. The maximum atomic E-state index is 12.6. The maximum absolute atomic E-state index is 12.6. The van der Waals surface area contributed by atoms with Gasteiger partial charge in [-0.2, -0.15) is 0 Å². The van der Waals surface area contributed by atoms with Gasteiger partial charge in [0.25, 0.3) is 5.22 Å². The summed E-state index contributed by atoms with van der Waals surface area (Å²) in [6.07, 6.45) is 0. The van der Waals surface area contributed by atoms with Crippen molar-refractivity contribution >= 4 is 23.2 Å². The molecule has 29 heavy (non-hydrogen) atoms. The first-order valence-corrected chi connectivity index (χ1v) is 10.5. The van der Waals surface area contributed by atoms with Crippen LogP contribution >= 0.6 is 11.8 Å². The Morgan fingerprint density at radius 1 is 1.07 bits per heavy atom. The molecular formula is C22H25N3O3S. The Bertz CT molecular complexity index is 935. The van der Waals surface area contributed by atoms with Crippen molar-refractivity contribution in [3.05, 3.63) is 54.1 Å². The molecule has 0 unspecified atom stereocenters. The van der Waals surface area contributed by atoms with Crippen LogP contribution in [0, 0.1) is 0 Å². The van der Waals surface area contributed by atoms with E-state index in [0.29, 0.717) is 16.7 Å². The van der Waals surface area contributed by atoms with Crippen molar-refractivity contribution in [1.82, 2.24) is 10.2 Å². The number of rotatable bonds is 9. The number of ether oxygens (including phenoxy) is 1. The van der Waals surface area contributed by atoms with E-state index >= 15 is 0 Å². The van der Waals surface area contributed by atoms with Crippen LogP contribution in [0.5, 0.6) is 5.75 Å². The molecule has 6 nitrogen and oxygen atoms in total. The summed E-state index contributed by atoms with van der Waals surface area (Å²) in [4.78, 5) is 14.9. The molecule has 0 bridgehead atoms. The molecule has 0 aliphatic carbocycles. The highest BCUT2D eigenvalue weighted by molar-refractivity contribution is 8.00. The predicted molar refractivity (Wildman–Crippen MR) is 116 cm³/mol. The van der Waals surface area contributed by atoms with Gasteiger partial charge in [0.1, 0.15) is 5.75 Å². The van der Waals surface area contributed by atoms with Gasteiger partial charge < -0.3 is 14.1 Å². The van der Waals surface area contributed by atoms with Crippen molar-refractivity contribution in [2.24, 2.45) is 0 Å². The van der Waals surface area contributed by atoms with Crippen LogP contribution < -0.4 is 9.64 Å². The molecule has 0 amide bonds. The highest BCUT2D eigenvalue weighted by Gasteiger charge is 2.20. The lowest BCUT2D eigenvalue weighted by Gasteiger charge is -2.20. The van der Waals surface area contributed by atoms with Gasteiger partial charge in [0.05, 0.1) is 12.4 Å². The number of methoxy groups -OCH3 is 1. The Labute approximate surface area is 175 Å². The van der Waals surface area contributed by atoms with E-state index in [9.17, 15) is 4.79 Å². The van der Waals surface area contributed by atoms with Crippen LogP contribution in [0.3, 0.4) is 0 Å². The van der Waals surface area contributed by atoms with E-state index in [-0.39, 0.29) is 11.0 Å². The molecule has 1 heterocycles. The topological polar surface area (TPSA) is 68.5 Å². The molecule has 0 radical (unpaired) electrons. The fourth-order valence-electron chi connectivity index (χ4n) is 2.97. The van der Waals surface area contributed by atoms with Gasteiger partial charge in [-0.15, -0.1) is 10.2 Å². The summed E-state index contributed by atoms with van der Waals surface area (Å²) in [5.41, 5.74) is 2.64. The van der Waals surface area contributed by atoms with Crippen LogP contribution in [0.15, 0.2) is 58.2 Å². The molecule has 0 aliphatic heterocycles. The number of anilines is 1. The van der Waals surface area contributed by atoms with Crippen LogP contribution in [0.1, 0.15) is 31.1 Å². The number of thioether (sulfide) groups is 1. The first-order chi connectivity index (χ1) is 14.0. The monoisotopic (exact) mass is 411 g/mol. The molecule has 1 atom stereocenters. The summed E-state index contributed by atoms with van der Waals surface area (Å²) >= 11 is 1.26. The second-order valence-corrected chi connectivity index (χ2v) is 7.74. The Balaban J connectivity index is 1.67. The van der Waals surface area contributed by atoms with Crippen molar-refractivity contribution in [1.29, 1.82) is 0 Å². The molecule has 1 aromatic heterocycles. The standard InChI is InChI=1S/C22H25N3O3S/c1-5-25(6-2)18-11-7-17(8-12-18)21-23-24-22(28-21)29-15(3)20(26)16-9-13-19(27-4)14-10-16/h7-15H,5-6H2,1-4H3/t15-/m1/s1. The number of hydrogen-bond donors (Lipinski definition) is 0. The fraction of sp³-hybridized carbons (Fsp3) is 0.318. The van der Waals surface area contributed by atoms with Crippen LogP contribution in [0.25, 0.3) is 11.5 Å². The van der Waals surface area contributed by atoms with Crippen LogP contribution in [-0.4, -0.2) is 41.4 Å². The van der Waals surface area contributed by atoms with Gasteiger partial charge in [-0.1, -0.05) is 11.8 Å². The molecule has 3 aromatic rings. The molecular weight excluding hydrogens is 386 g/mol. The van der Waals surface area contributed by atoms with Gasteiger partial charge in [-0.25, -0.2) is 0 Å². The molecule has 0 aliphatic rings. The van der Waals surface area contributed by atoms with Gasteiger partial charge in [0.2, 0.25) is 5.89 Å². The van der Waals surface area contributed by atoms with Gasteiger partial charge in [0, 0.05) is 29.9 Å². The fourth-order valence-corrected chi connectivity index (χ4v) is 3.73. The van der Waals surface area contributed by atoms with Crippen molar-refractivity contribution in [2.45, 2.75) is 31.2 Å². The minimum absolute atomic E-state index is 0.000906. The third-order valence-electron chi connectivity index (χ3n) is 4.67. The zero-order chi connectivity index (χ0) is 20.8. The average Bonchev–Trinajstić information content (AvgIpc) is 3.23. The van der Waals surface area contributed by atoms with E-state index in [4.69, 9.17) is 9.15 Å². The molecule has 0 spiro atoms. The smallest absolute Gasteiger partial charge is 0.277 e. The van der Waals surface area contributed by atoms with E-state index < -0.39 is 0 Å². The summed E-state index contributed by atoms with van der Waals surface area (Å²) in [7, 11) is 1.60. The summed E-state index contributed by atoms with van der Waals surface area (Å²) in [6.45, 7) is 8.01. The second kappa shape index (κ2) is 9.60. The van der Waals surface area contributed by atoms with Gasteiger partial charge >= 0.3 is 0 Å². The normalized spacial score (nSPS) is 11.9. The molecule has 152 valence electrons. The van der Waals surface area contributed by atoms with Crippen LogP contribution in [0.4, 0.5) is 5.69 Å². The summed E-state index contributed by atoms with van der Waals surface area (Å²) in [5.74, 6) is 1.17. The molecule has 7 heteroatoms. The molecule has 2 aromatic carbocycles. The number of benzene rings is 2. The van der Waals surface area contributed by atoms with Gasteiger partial charge in [-0.05, 0) is 69.3 Å². The third kappa shape index (κ3) is 4.98. The van der Waals surface area contributed by atoms with Crippen LogP contribution in [0.2, 0.25) is 0 Å². The molecule has 0 saturated heterocycles. The number of nitrogens with zero attached hydrogens (tertiary/aromatic N) is 3. The predicted octanol–water partition coefficient (Wildman–Crippen LogP) is 4.95. The maximum Gasteiger partial charge on any atom is 0.277 e. The summed E-state index contributed by atoms with van der Waals surface area (Å²) in [6, 6.07) is 15.1. The van der Waals surface area contributed by atoms with E-state index in [0.717, 1.165) is 30.1 Å². The highest BCUT2D eigenvalue weighted by atomic mass is 32.2. The lowest BCUT2D eigenvalue weighted by molar-refractivity contribution is 0.0993. The minimum Gasteiger partial charge on any atom is -0.497 e. The Hall–Kier alpha value is -2.80. The number of aromatic nitrogens is 2. The highest BCUT2D eigenvalue weighted by Crippen LogP contribution is 2.29. The number of ketones is 1. The lowest BCUT2D eigenvalue weighted by Crippen LogP contribution is -2.21. The third-order valence-corrected chi connectivity index (χ3v) is 5.60. The first kappa shape index (κ1) is 20.9. The summed E-state index contributed by atoms with van der Waals surface area (Å²) in [5, 5.41) is 8.25. The number of carbonyl (C=O) groups excluding carboxylic acids is 1. The second-order valence-electron chi connectivity index (χ2n) is 6.45. The SMILES string of the molecule is CCN(CC)c1ccc(-c2nnc(S[C@H](C)C(=O)c3ccc(OC)cc3)o2)cc1. The van der Waals surface area contributed by atoms with Gasteiger partial charge in [-0.3, -0.25) is 4.79 Å². The largest absolute Gasteiger partial charge is 0.497 e. The Morgan fingerprint density at radius 3 is 2.31 bits per heavy atom. The zero-order valence-corrected chi connectivity index (χ0v) is 17.9. The Morgan fingerprint density at radius 2 is 1.72 bits per heavy atom. The quantitative estimate of drug-likeness (QED) is 0.364. The number of Topliss-reactive ketones (excluding diaryl/α,β-unsaturated/α-hetero) is 1. The van der Waals surface area contributed by atoms with E-state index in [1.54, 1.807) is 31.4 Å². The van der Waals surface area contributed by atoms with Crippen LogP contribution in [-0.2, 0) is 0 Å². The average molecular weight is 412 g/mol. The van der Waals surface area contributed by atoms with E-state index in [2.05, 4.69) is 41.1 Å². The summed E-state index contributed by atoms with van der Waals surface area (Å²) < 4.78 is 10.9. The number of carbonyl (C=O) groups is 1. The van der Waals surface area contributed by atoms with Crippen molar-refractivity contribution < 1.29 is 13.9 Å². The molecule has 3 rings (SSSR count). The van der Waals surface area contributed by atoms with Crippen molar-refractivity contribution in [2.75, 3.05) is 25.1 Å². The van der Waals surface area contributed by atoms with E-state index in [1.165, 1.54) is 11.8 Å². The molecule has 0 saturated carbocycles. The first-order valence-electron chi connectivity index (χ1n) is 9.59. The van der Waals surface area contributed by atoms with Crippen molar-refractivity contribution in [3.8, 4) is 17.2 Å². The minimum atomic E-state index is -0.346. The Kier molecular flexibility index (Phi) is 6.93. The zero-order valence-electron chi connectivity index (χ0n) is 17.1. The van der Waals surface area contributed by atoms with Crippen molar-refractivity contribution in [3.63, 3.8) is 0 Å². The lowest BCUT2D eigenvalue weighted by atomic mass is 10.1. The molecule has 0 N–H and O–H groups in total. The van der Waals surface area contributed by atoms with Gasteiger partial charge in [0.15, 0.2) is 5.78 Å². The molecule has 0 fully saturated rings.